The first-order chi connectivity index (χ1) is 9.20. The maximum Gasteiger partial charge on any atom is 0.306 e. The number of esters is 1. The van der Waals surface area contributed by atoms with Gasteiger partial charge in [-0.3, -0.25) is 4.79 Å². The first-order valence-corrected chi connectivity index (χ1v) is 8.49. The molecule has 0 aromatic heterocycles. The van der Waals surface area contributed by atoms with Crippen molar-refractivity contribution in [2.45, 2.75) is 24.9 Å². The minimum Gasteiger partial charge on any atom is -0.482 e. The maximum atomic E-state index is 11.0. The van der Waals surface area contributed by atoms with E-state index in [1.807, 2.05) is 0 Å². The molecule has 19 heavy (non-hydrogen) atoms. The molecule has 0 amide bonds. The summed E-state index contributed by atoms with van der Waals surface area (Å²) in [5.74, 6) is 4.32. The summed E-state index contributed by atoms with van der Waals surface area (Å²) < 4.78 is 10.4. The van der Waals surface area contributed by atoms with Gasteiger partial charge in [0.15, 0.2) is 0 Å². The van der Waals surface area contributed by atoms with Crippen LogP contribution in [0.4, 0.5) is 0 Å². The number of fused-ring (bicyclic) bond motifs is 1. The second-order valence-electron chi connectivity index (χ2n) is 4.40. The van der Waals surface area contributed by atoms with Crippen molar-refractivity contribution in [3.63, 3.8) is 0 Å². The third kappa shape index (κ3) is 4.08. The van der Waals surface area contributed by atoms with Crippen molar-refractivity contribution in [2.75, 3.05) is 18.8 Å². The molecule has 3 nitrogen and oxygen atoms in total. The minimum atomic E-state index is -0.147. The molecule has 0 radical (unpaired) electrons. The zero-order valence-electron chi connectivity index (χ0n) is 11.2. The molecule has 1 aromatic rings. The van der Waals surface area contributed by atoms with Gasteiger partial charge in [-0.25, -0.2) is 0 Å². The van der Waals surface area contributed by atoms with Crippen molar-refractivity contribution in [1.29, 1.82) is 0 Å². The van der Waals surface area contributed by atoms with Gasteiger partial charge in [0.2, 0.25) is 0 Å². The third-order valence-corrected chi connectivity index (χ3v) is 4.67. The lowest BCUT2D eigenvalue weighted by molar-refractivity contribution is -0.140. The lowest BCUT2D eigenvalue weighted by atomic mass is 10.1. The molecule has 0 fully saturated rings. The second kappa shape index (κ2) is 7.10. The average molecular weight is 298 g/mol. The van der Waals surface area contributed by atoms with Crippen LogP contribution >= 0.6 is 23.5 Å². The molecular formula is C14H18O3S2. The van der Waals surface area contributed by atoms with Crippen LogP contribution in [0, 0.1) is 6.92 Å². The molecule has 0 unspecified atom stereocenters. The number of hydrogen-bond donors (Lipinski definition) is 0. The molecule has 0 spiro atoms. The van der Waals surface area contributed by atoms with Crippen molar-refractivity contribution in [3.8, 4) is 5.75 Å². The van der Waals surface area contributed by atoms with Crippen LogP contribution in [0.3, 0.4) is 0 Å². The van der Waals surface area contributed by atoms with Crippen LogP contribution in [-0.4, -0.2) is 24.8 Å². The van der Waals surface area contributed by atoms with Crippen LogP contribution < -0.4 is 4.74 Å². The first-order valence-electron chi connectivity index (χ1n) is 6.18. The maximum absolute atomic E-state index is 11.0. The molecular weight excluding hydrogens is 280 g/mol. The fourth-order valence-corrected chi connectivity index (χ4v) is 3.63. The first kappa shape index (κ1) is 14.6. The topological polar surface area (TPSA) is 35.5 Å². The van der Waals surface area contributed by atoms with E-state index in [0.29, 0.717) is 6.42 Å². The summed E-state index contributed by atoms with van der Waals surface area (Å²) in [7, 11) is 1.43. The van der Waals surface area contributed by atoms with Gasteiger partial charge < -0.3 is 9.47 Å². The molecule has 5 heteroatoms. The normalized spacial score (nSPS) is 13.6. The zero-order chi connectivity index (χ0) is 13.7. The Hall–Kier alpha value is -0.810. The van der Waals surface area contributed by atoms with E-state index in [0.717, 1.165) is 28.9 Å². The zero-order valence-corrected chi connectivity index (χ0v) is 12.9. The van der Waals surface area contributed by atoms with E-state index in [-0.39, 0.29) is 5.97 Å². The van der Waals surface area contributed by atoms with E-state index >= 15 is 0 Å². The predicted molar refractivity (Wildman–Crippen MR) is 80.8 cm³/mol. The molecule has 0 saturated heterocycles. The van der Waals surface area contributed by atoms with E-state index in [4.69, 9.17) is 4.74 Å². The Morgan fingerprint density at radius 2 is 2.37 bits per heavy atom. The smallest absolute Gasteiger partial charge is 0.306 e. The number of thioether (sulfide) groups is 2. The molecule has 0 N–H and O–H groups in total. The van der Waals surface area contributed by atoms with Gasteiger partial charge in [-0.15, -0.1) is 11.8 Å². The molecule has 104 valence electrons. The van der Waals surface area contributed by atoms with Gasteiger partial charge in [-0.2, -0.15) is 11.8 Å². The molecule has 0 saturated carbocycles. The lowest BCUT2D eigenvalue weighted by Crippen LogP contribution is -2.07. The van der Waals surface area contributed by atoms with Gasteiger partial charge in [-0.05, 0) is 6.92 Å². The number of benzene rings is 1. The predicted octanol–water partition coefficient (Wildman–Crippen LogP) is 3.37. The summed E-state index contributed by atoms with van der Waals surface area (Å²) in [6.07, 6.45) is 0.464. The van der Waals surface area contributed by atoms with Crippen LogP contribution in [0.2, 0.25) is 0 Å². The van der Waals surface area contributed by atoms with E-state index in [1.54, 1.807) is 23.5 Å². The van der Waals surface area contributed by atoms with Gasteiger partial charge in [0.25, 0.3) is 0 Å². The quantitative estimate of drug-likeness (QED) is 0.615. The fourth-order valence-electron chi connectivity index (χ4n) is 2.02. The van der Waals surface area contributed by atoms with Gasteiger partial charge >= 0.3 is 5.97 Å². The minimum absolute atomic E-state index is 0.147. The highest BCUT2D eigenvalue weighted by Gasteiger charge is 2.15. The highest BCUT2D eigenvalue weighted by Crippen LogP contribution is 2.35. The van der Waals surface area contributed by atoms with Crippen molar-refractivity contribution in [1.82, 2.24) is 0 Å². The third-order valence-electron chi connectivity index (χ3n) is 2.87. The van der Waals surface area contributed by atoms with Gasteiger partial charge in [0.05, 0.1) is 13.5 Å². The van der Waals surface area contributed by atoms with E-state index in [2.05, 4.69) is 23.8 Å². The SMILES string of the molecule is COC(=O)CCSCc1cc(C)cc2c1OCSC2. The van der Waals surface area contributed by atoms with Gasteiger partial charge in [-0.1, -0.05) is 17.7 Å². The van der Waals surface area contributed by atoms with Crippen molar-refractivity contribution in [2.24, 2.45) is 0 Å². The van der Waals surface area contributed by atoms with Crippen LogP contribution in [0.1, 0.15) is 23.1 Å². The Labute approximate surface area is 122 Å². The summed E-state index contributed by atoms with van der Waals surface area (Å²) in [6, 6.07) is 4.38. The Morgan fingerprint density at radius 1 is 1.53 bits per heavy atom. The molecule has 1 aromatic carbocycles. The molecule has 1 heterocycles. The van der Waals surface area contributed by atoms with Crippen LogP contribution in [0.25, 0.3) is 0 Å². The summed E-state index contributed by atoms with van der Waals surface area (Å²) in [4.78, 5) is 11.0. The van der Waals surface area contributed by atoms with Crippen molar-refractivity contribution < 1.29 is 14.3 Å². The number of carbonyl (C=O) groups is 1. The Bertz CT molecular complexity index is 460. The number of aryl methyl sites for hydroxylation is 1. The van der Waals surface area contributed by atoms with Gasteiger partial charge in [0, 0.05) is 28.4 Å². The summed E-state index contributed by atoms with van der Waals surface area (Å²) in [6.45, 7) is 2.11. The monoisotopic (exact) mass is 298 g/mol. The highest BCUT2D eigenvalue weighted by molar-refractivity contribution is 7.98. The molecule has 1 aliphatic heterocycles. The molecule has 1 aliphatic rings. The van der Waals surface area contributed by atoms with E-state index in [9.17, 15) is 4.79 Å². The molecule has 0 aliphatic carbocycles. The van der Waals surface area contributed by atoms with Crippen LogP contribution in [0.5, 0.6) is 5.75 Å². The molecule has 0 bridgehead atoms. The Kier molecular flexibility index (Phi) is 5.45. The van der Waals surface area contributed by atoms with E-state index < -0.39 is 0 Å². The number of methoxy groups -OCH3 is 1. The Balaban J connectivity index is 1.96. The second-order valence-corrected chi connectivity index (χ2v) is 6.44. The number of ether oxygens (including phenoxy) is 2. The van der Waals surface area contributed by atoms with Crippen molar-refractivity contribution >= 4 is 29.5 Å². The summed E-state index contributed by atoms with van der Waals surface area (Å²) in [5.41, 5.74) is 3.80. The van der Waals surface area contributed by atoms with Gasteiger partial charge in [0.1, 0.15) is 11.7 Å². The lowest BCUT2D eigenvalue weighted by Gasteiger charge is -2.20. The van der Waals surface area contributed by atoms with Crippen LogP contribution in [0.15, 0.2) is 12.1 Å². The summed E-state index contributed by atoms with van der Waals surface area (Å²) >= 11 is 3.54. The Morgan fingerprint density at radius 3 is 3.16 bits per heavy atom. The van der Waals surface area contributed by atoms with Crippen molar-refractivity contribution in [3.05, 3.63) is 28.8 Å². The number of hydrogen-bond acceptors (Lipinski definition) is 5. The summed E-state index contributed by atoms with van der Waals surface area (Å²) in [5, 5.41) is 0. The highest BCUT2D eigenvalue weighted by atomic mass is 32.2. The van der Waals surface area contributed by atoms with Crippen LogP contribution in [-0.2, 0) is 21.0 Å². The number of carbonyl (C=O) groups excluding carboxylic acids is 1. The average Bonchev–Trinajstić information content (AvgIpc) is 2.42. The van der Waals surface area contributed by atoms with E-state index in [1.165, 1.54) is 23.8 Å². The number of rotatable bonds is 5. The largest absolute Gasteiger partial charge is 0.482 e. The molecule has 0 atom stereocenters. The fraction of sp³-hybridized carbons (Fsp3) is 0.500. The molecule has 2 rings (SSSR count). The standard InChI is InChI=1S/C14H18O3S2/c1-10-5-11(7-18-4-3-13(15)16-2)14-12(6-10)8-19-9-17-14/h5-6H,3-4,7-9H2,1-2H3.